The summed E-state index contributed by atoms with van der Waals surface area (Å²) in [6.07, 6.45) is 3.92. The van der Waals surface area contributed by atoms with E-state index in [0.29, 0.717) is 11.3 Å². The quantitative estimate of drug-likeness (QED) is 0.641. The van der Waals surface area contributed by atoms with Crippen LogP contribution in [0.1, 0.15) is 34.9 Å². The van der Waals surface area contributed by atoms with Crippen molar-refractivity contribution in [1.29, 1.82) is 0 Å². The standard InChI is InChI=1S/C16H19N5O3/c22-16(18-10-12-4-1-2-6-15(12)21(23)24)14-7-9-20(19-14)13-5-3-8-17-11-13/h1-2,4,6-7,9,13,17H,3,5,8,10-11H2,(H,18,22). The predicted octanol–water partition coefficient (Wildman–Crippen LogP) is 1.65. The Morgan fingerprint density at radius 1 is 1.42 bits per heavy atom. The van der Waals surface area contributed by atoms with E-state index in [9.17, 15) is 14.9 Å². The number of benzene rings is 1. The highest BCUT2D eigenvalue weighted by molar-refractivity contribution is 5.92. The lowest BCUT2D eigenvalue weighted by Gasteiger charge is -2.22. The molecule has 1 amide bonds. The second kappa shape index (κ2) is 7.22. The zero-order valence-electron chi connectivity index (χ0n) is 13.1. The Balaban J connectivity index is 1.63. The van der Waals surface area contributed by atoms with E-state index in [1.807, 2.05) is 4.68 Å². The number of aromatic nitrogens is 2. The Labute approximate surface area is 139 Å². The summed E-state index contributed by atoms with van der Waals surface area (Å²) in [5, 5.41) is 21.3. The summed E-state index contributed by atoms with van der Waals surface area (Å²) in [7, 11) is 0. The van der Waals surface area contributed by atoms with Crippen molar-refractivity contribution in [3.63, 3.8) is 0 Å². The minimum atomic E-state index is -0.452. The Morgan fingerprint density at radius 3 is 3.00 bits per heavy atom. The molecule has 1 aromatic carbocycles. The minimum Gasteiger partial charge on any atom is -0.346 e. The average Bonchev–Trinajstić information content (AvgIpc) is 3.11. The molecule has 8 nitrogen and oxygen atoms in total. The van der Waals surface area contributed by atoms with Gasteiger partial charge in [-0.15, -0.1) is 0 Å². The first kappa shape index (κ1) is 16.1. The van der Waals surface area contributed by atoms with Crippen molar-refractivity contribution in [3.05, 3.63) is 57.9 Å². The number of nitrogens with zero attached hydrogens (tertiary/aromatic N) is 3. The van der Waals surface area contributed by atoms with Crippen LogP contribution in [-0.4, -0.2) is 33.7 Å². The summed E-state index contributed by atoms with van der Waals surface area (Å²) in [5.74, 6) is -0.337. The van der Waals surface area contributed by atoms with Gasteiger partial charge < -0.3 is 10.6 Å². The van der Waals surface area contributed by atoms with E-state index >= 15 is 0 Å². The molecule has 2 heterocycles. The average molecular weight is 329 g/mol. The molecule has 8 heteroatoms. The third kappa shape index (κ3) is 3.60. The van der Waals surface area contributed by atoms with E-state index in [1.54, 1.807) is 30.5 Å². The maximum absolute atomic E-state index is 12.2. The fourth-order valence-corrected chi connectivity index (χ4v) is 2.83. The van der Waals surface area contributed by atoms with Crippen molar-refractivity contribution >= 4 is 11.6 Å². The first-order valence-corrected chi connectivity index (χ1v) is 7.91. The van der Waals surface area contributed by atoms with Crippen LogP contribution in [0.3, 0.4) is 0 Å². The van der Waals surface area contributed by atoms with Crippen LogP contribution in [0, 0.1) is 10.1 Å². The summed E-state index contributed by atoms with van der Waals surface area (Å²) in [6.45, 7) is 1.95. The molecule has 0 radical (unpaired) electrons. The van der Waals surface area contributed by atoms with Crippen molar-refractivity contribution in [2.75, 3.05) is 13.1 Å². The van der Waals surface area contributed by atoms with Crippen molar-refractivity contribution in [3.8, 4) is 0 Å². The molecule has 1 atom stereocenters. The van der Waals surface area contributed by atoms with E-state index in [2.05, 4.69) is 15.7 Å². The van der Waals surface area contributed by atoms with Gasteiger partial charge in [-0.1, -0.05) is 18.2 Å². The highest BCUT2D eigenvalue weighted by Gasteiger charge is 2.18. The number of carbonyl (C=O) groups excluding carboxylic acids is 1. The normalized spacial score (nSPS) is 17.4. The molecular formula is C16H19N5O3. The summed E-state index contributed by atoms with van der Waals surface area (Å²) in [4.78, 5) is 22.8. The molecule has 0 bridgehead atoms. The van der Waals surface area contributed by atoms with Crippen LogP contribution >= 0.6 is 0 Å². The first-order valence-electron chi connectivity index (χ1n) is 7.91. The fraction of sp³-hybridized carbons (Fsp3) is 0.375. The monoisotopic (exact) mass is 329 g/mol. The molecule has 0 saturated carbocycles. The van der Waals surface area contributed by atoms with Gasteiger partial charge in [0.25, 0.3) is 11.6 Å². The van der Waals surface area contributed by atoms with Gasteiger partial charge in [-0.2, -0.15) is 5.10 Å². The molecule has 2 N–H and O–H groups in total. The van der Waals surface area contributed by atoms with Gasteiger partial charge in [-0.05, 0) is 25.5 Å². The van der Waals surface area contributed by atoms with Crippen LogP contribution < -0.4 is 10.6 Å². The van der Waals surface area contributed by atoms with E-state index in [-0.39, 0.29) is 24.2 Å². The molecule has 1 saturated heterocycles. The molecule has 0 spiro atoms. The third-order valence-electron chi connectivity index (χ3n) is 4.11. The van der Waals surface area contributed by atoms with Crippen molar-refractivity contribution in [1.82, 2.24) is 20.4 Å². The van der Waals surface area contributed by atoms with E-state index in [4.69, 9.17) is 0 Å². The SMILES string of the molecule is O=C(NCc1ccccc1[N+](=O)[O-])c1ccn(C2CCCNC2)n1. The van der Waals surface area contributed by atoms with Crippen LogP contribution in [0.25, 0.3) is 0 Å². The maximum atomic E-state index is 12.2. The van der Waals surface area contributed by atoms with E-state index in [1.165, 1.54) is 6.07 Å². The van der Waals surface area contributed by atoms with Gasteiger partial charge in [0, 0.05) is 30.9 Å². The van der Waals surface area contributed by atoms with Crippen molar-refractivity contribution in [2.24, 2.45) is 0 Å². The maximum Gasteiger partial charge on any atom is 0.274 e. The predicted molar refractivity (Wildman–Crippen MR) is 87.6 cm³/mol. The number of hydrogen-bond donors (Lipinski definition) is 2. The smallest absolute Gasteiger partial charge is 0.274 e. The van der Waals surface area contributed by atoms with Gasteiger partial charge in [0.15, 0.2) is 0 Å². The molecule has 1 aliphatic rings. The highest BCUT2D eigenvalue weighted by Crippen LogP contribution is 2.18. The van der Waals surface area contributed by atoms with Crippen LogP contribution in [0.15, 0.2) is 36.5 Å². The Kier molecular flexibility index (Phi) is 4.85. The molecule has 3 rings (SSSR count). The molecular weight excluding hydrogens is 310 g/mol. The summed E-state index contributed by atoms with van der Waals surface area (Å²) >= 11 is 0. The number of rotatable bonds is 5. The molecule has 1 aliphatic heterocycles. The zero-order chi connectivity index (χ0) is 16.9. The molecule has 1 aromatic heterocycles. The number of hydrogen-bond acceptors (Lipinski definition) is 5. The van der Waals surface area contributed by atoms with Gasteiger partial charge in [0.05, 0.1) is 11.0 Å². The molecule has 126 valence electrons. The van der Waals surface area contributed by atoms with Crippen LogP contribution in [0.5, 0.6) is 0 Å². The second-order valence-corrected chi connectivity index (χ2v) is 5.75. The van der Waals surface area contributed by atoms with Crippen LogP contribution in [0.2, 0.25) is 0 Å². The zero-order valence-corrected chi connectivity index (χ0v) is 13.1. The molecule has 24 heavy (non-hydrogen) atoms. The number of piperidine rings is 1. The second-order valence-electron chi connectivity index (χ2n) is 5.75. The van der Waals surface area contributed by atoms with Crippen LogP contribution in [-0.2, 0) is 6.54 Å². The van der Waals surface area contributed by atoms with Crippen LogP contribution in [0.4, 0.5) is 5.69 Å². The number of nitrogens with one attached hydrogen (secondary N) is 2. The van der Waals surface area contributed by atoms with Gasteiger partial charge in [0.2, 0.25) is 0 Å². The lowest BCUT2D eigenvalue weighted by molar-refractivity contribution is -0.385. The Morgan fingerprint density at radius 2 is 2.25 bits per heavy atom. The van der Waals surface area contributed by atoms with E-state index in [0.717, 1.165) is 25.9 Å². The number of para-hydroxylation sites is 1. The third-order valence-corrected chi connectivity index (χ3v) is 4.11. The fourth-order valence-electron chi connectivity index (χ4n) is 2.83. The summed E-state index contributed by atoms with van der Waals surface area (Å²) in [5.41, 5.74) is 0.780. The number of amides is 1. The molecule has 1 fully saturated rings. The molecule has 1 unspecified atom stereocenters. The van der Waals surface area contributed by atoms with Gasteiger partial charge in [-0.25, -0.2) is 0 Å². The largest absolute Gasteiger partial charge is 0.346 e. The highest BCUT2D eigenvalue weighted by atomic mass is 16.6. The van der Waals surface area contributed by atoms with Crippen molar-refractivity contribution in [2.45, 2.75) is 25.4 Å². The first-order chi connectivity index (χ1) is 11.6. The number of nitro benzene ring substituents is 1. The Hall–Kier alpha value is -2.74. The lowest BCUT2D eigenvalue weighted by atomic mass is 10.1. The van der Waals surface area contributed by atoms with E-state index < -0.39 is 4.92 Å². The summed E-state index contributed by atoms with van der Waals surface area (Å²) in [6, 6.07) is 8.29. The minimum absolute atomic E-state index is 0.00314. The number of carbonyl (C=O) groups is 1. The van der Waals surface area contributed by atoms with Gasteiger partial charge in [0.1, 0.15) is 5.69 Å². The van der Waals surface area contributed by atoms with Crippen molar-refractivity contribution < 1.29 is 9.72 Å². The molecule has 0 aliphatic carbocycles. The topological polar surface area (TPSA) is 102 Å². The number of nitro groups is 1. The summed E-state index contributed by atoms with van der Waals surface area (Å²) < 4.78 is 1.81. The molecule has 2 aromatic rings. The lowest BCUT2D eigenvalue weighted by Crippen LogP contribution is -2.32. The Bertz CT molecular complexity index is 737. The van der Waals surface area contributed by atoms with Gasteiger partial charge in [-0.3, -0.25) is 19.6 Å². The van der Waals surface area contributed by atoms with Gasteiger partial charge >= 0.3 is 0 Å².